The molecule has 0 aliphatic heterocycles. The van der Waals surface area contributed by atoms with Gasteiger partial charge in [0.2, 0.25) is 0 Å². The van der Waals surface area contributed by atoms with Crippen LogP contribution in [0.2, 0.25) is 10.0 Å². The van der Waals surface area contributed by atoms with Crippen molar-refractivity contribution >= 4 is 35.6 Å². The quantitative estimate of drug-likeness (QED) is 0.122. The van der Waals surface area contributed by atoms with E-state index < -0.39 is 11.6 Å². The van der Waals surface area contributed by atoms with E-state index in [0.717, 1.165) is 34.1 Å². The van der Waals surface area contributed by atoms with Crippen molar-refractivity contribution in [3.63, 3.8) is 0 Å². The van der Waals surface area contributed by atoms with Crippen molar-refractivity contribution in [3.05, 3.63) is 111 Å². The lowest BCUT2D eigenvalue weighted by molar-refractivity contribution is 0.0955. The molecule has 3 aromatic carbocycles. The number of carboxylic acid groups (broad SMARTS) is 1. The van der Waals surface area contributed by atoms with Crippen molar-refractivity contribution in [1.82, 2.24) is 9.88 Å². The molecule has 0 saturated heterocycles. The number of hydrogen-bond donors (Lipinski definition) is 1. The van der Waals surface area contributed by atoms with Gasteiger partial charge in [-0.15, -0.1) is 0 Å². The van der Waals surface area contributed by atoms with E-state index >= 15 is 0 Å². The maximum absolute atomic E-state index is 12.3. The molecule has 0 saturated carbocycles. The minimum atomic E-state index is -0.968. The first-order chi connectivity index (χ1) is 21.4. The molecule has 1 unspecified atom stereocenters. The summed E-state index contributed by atoms with van der Waals surface area (Å²) in [7, 11) is 0. The Hall–Kier alpha value is -4.07. The maximum Gasteiger partial charge on any atom is 0.407 e. The van der Waals surface area contributed by atoms with Crippen molar-refractivity contribution in [2.24, 2.45) is 0 Å². The zero-order valence-corrected chi connectivity index (χ0v) is 27.7. The molecule has 7 nitrogen and oxygen atoms in total. The Kier molecular flexibility index (Phi) is 11.1. The molecule has 0 bridgehead atoms. The Balaban J connectivity index is 1.51. The van der Waals surface area contributed by atoms with Crippen LogP contribution in [0, 0.1) is 13.8 Å². The molecule has 1 amide bonds. The van der Waals surface area contributed by atoms with Crippen LogP contribution in [-0.4, -0.2) is 52.7 Å². The van der Waals surface area contributed by atoms with Crippen molar-refractivity contribution in [1.29, 1.82) is 0 Å². The van der Waals surface area contributed by atoms with Crippen molar-refractivity contribution in [2.45, 2.75) is 52.5 Å². The number of pyridine rings is 1. The number of rotatable bonds is 12. The van der Waals surface area contributed by atoms with Gasteiger partial charge in [-0.2, -0.15) is 0 Å². The van der Waals surface area contributed by atoms with Crippen LogP contribution < -0.4 is 9.47 Å². The SMILES string of the molecule is Cc1cc(Cl)c(OCCOc2ccc(CC(CN(C(=O)O)C(C)(C)C)c3ccc(-c4ncccc4C=O)cc3C)cc2)c(Cl)c1. The van der Waals surface area contributed by atoms with Crippen molar-refractivity contribution < 1.29 is 24.2 Å². The second-order valence-electron chi connectivity index (χ2n) is 12.0. The number of carbonyl (C=O) groups excluding carboxylic acids is 1. The molecule has 0 aliphatic carbocycles. The maximum atomic E-state index is 12.3. The van der Waals surface area contributed by atoms with Crippen molar-refractivity contribution in [3.8, 4) is 22.8 Å². The summed E-state index contributed by atoms with van der Waals surface area (Å²) in [6.07, 6.45) is 2.11. The average Bonchev–Trinajstić information content (AvgIpc) is 2.98. The summed E-state index contributed by atoms with van der Waals surface area (Å²) in [4.78, 5) is 29.8. The largest absolute Gasteiger partial charge is 0.490 e. The third-order valence-corrected chi connectivity index (χ3v) is 8.10. The third kappa shape index (κ3) is 8.77. The van der Waals surface area contributed by atoms with Crippen LogP contribution in [0.3, 0.4) is 0 Å². The monoisotopic (exact) mass is 648 g/mol. The summed E-state index contributed by atoms with van der Waals surface area (Å²) in [5.74, 6) is 0.990. The first kappa shape index (κ1) is 33.8. The van der Waals surface area contributed by atoms with Gasteiger partial charge in [-0.25, -0.2) is 4.79 Å². The zero-order chi connectivity index (χ0) is 32.7. The molecule has 1 N–H and O–H groups in total. The van der Waals surface area contributed by atoms with Gasteiger partial charge in [0, 0.05) is 35.3 Å². The number of carbonyl (C=O) groups is 2. The van der Waals surface area contributed by atoms with Gasteiger partial charge in [0.25, 0.3) is 0 Å². The number of ether oxygens (including phenoxy) is 2. The van der Waals surface area contributed by atoms with Gasteiger partial charge in [-0.3, -0.25) is 9.78 Å². The number of benzene rings is 3. The second kappa shape index (κ2) is 14.8. The molecule has 0 radical (unpaired) electrons. The lowest BCUT2D eigenvalue weighted by atomic mass is 9.86. The lowest BCUT2D eigenvalue weighted by Gasteiger charge is -2.36. The molecule has 1 heterocycles. The smallest absolute Gasteiger partial charge is 0.407 e. The van der Waals surface area contributed by atoms with E-state index in [1.54, 1.807) is 30.5 Å². The molecule has 0 fully saturated rings. The van der Waals surface area contributed by atoms with E-state index in [2.05, 4.69) is 4.98 Å². The van der Waals surface area contributed by atoms with Gasteiger partial charge in [-0.1, -0.05) is 47.5 Å². The predicted octanol–water partition coefficient (Wildman–Crippen LogP) is 9.05. The first-order valence-corrected chi connectivity index (χ1v) is 15.4. The van der Waals surface area contributed by atoms with Gasteiger partial charge in [0.15, 0.2) is 12.0 Å². The zero-order valence-electron chi connectivity index (χ0n) is 26.1. The Morgan fingerprint density at radius 3 is 2.24 bits per heavy atom. The van der Waals surface area contributed by atoms with E-state index in [0.29, 0.717) is 52.4 Å². The molecule has 1 atom stereocenters. The lowest BCUT2D eigenvalue weighted by Crippen LogP contribution is -2.47. The van der Waals surface area contributed by atoms with Gasteiger partial charge in [0.05, 0.1) is 15.7 Å². The number of aryl methyl sites for hydroxylation is 2. The normalized spacial score (nSPS) is 12.0. The highest BCUT2D eigenvalue weighted by molar-refractivity contribution is 6.37. The van der Waals surface area contributed by atoms with E-state index in [9.17, 15) is 14.7 Å². The Labute approximate surface area is 274 Å². The molecule has 4 aromatic rings. The fraction of sp³-hybridized carbons (Fsp3) is 0.306. The Bertz CT molecular complexity index is 1630. The highest BCUT2D eigenvalue weighted by Gasteiger charge is 2.30. The van der Waals surface area contributed by atoms with E-state index in [-0.39, 0.29) is 12.5 Å². The number of hydrogen-bond acceptors (Lipinski definition) is 5. The molecular formula is C36H38Cl2N2O5. The van der Waals surface area contributed by atoms with Crippen LogP contribution in [0.15, 0.2) is 72.9 Å². The molecule has 236 valence electrons. The van der Waals surface area contributed by atoms with Crippen LogP contribution in [0.4, 0.5) is 4.79 Å². The number of halogens is 2. The van der Waals surface area contributed by atoms with Crippen LogP contribution >= 0.6 is 23.2 Å². The summed E-state index contributed by atoms with van der Waals surface area (Å²) in [5, 5.41) is 11.0. The first-order valence-electron chi connectivity index (χ1n) is 14.7. The second-order valence-corrected chi connectivity index (χ2v) is 12.8. The summed E-state index contributed by atoms with van der Waals surface area (Å²) in [6.45, 7) is 10.5. The predicted molar refractivity (Wildman–Crippen MR) is 179 cm³/mol. The number of aldehydes is 1. The number of nitrogens with zero attached hydrogens (tertiary/aromatic N) is 2. The summed E-state index contributed by atoms with van der Waals surface area (Å²) in [6, 6.07) is 20.8. The minimum absolute atomic E-state index is 0.132. The standard InChI is InChI=1S/C36H38Cl2N2O5/c1-23-17-31(37)34(32(38)18-23)45-16-15-44-29-11-8-25(9-12-29)20-28(21-40(35(42)43)36(3,4)5)30-13-10-26(19-24(30)2)33-27(22-41)7-6-14-39-33/h6-14,17-19,22,28H,15-16,20-21H2,1-5H3,(H,42,43). The Morgan fingerprint density at radius 2 is 1.64 bits per heavy atom. The van der Waals surface area contributed by atoms with Crippen LogP contribution in [0.1, 0.15) is 59.3 Å². The topological polar surface area (TPSA) is 89.0 Å². The fourth-order valence-corrected chi connectivity index (χ4v) is 6.01. The molecule has 0 aliphatic rings. The number of aromatic nitrogens is 1. The average molecular weight is 650 g/mol. The van der Waals surface area contributed by atoms with E-state index in [1.165, 1.54) is 4.90 Å². The van der Waals surface area contributed by atoms with E-state index in [1.807, 2.05) is 77.1 Å². The van der Waals surface area contributed by atoms with Crippen LogP contribution in [-0.2, 0) is 6.42 Å². The van der Waals surface area contributed by atoms with Gasteiger partial charge in [-0.05, 0) is 106 Å². The molecular weight excluding hydrogens is 611 g/mol. The molecule has 9 heteroatoms. The van der Waals surface area contributed by atoms with Gasteiger partial charge in [0.1, 0.15) is 19.0 Å². The highest BCUT2D eigenvalue weighted by Crippen LogP contribution is 2.34. The molecule has 1 aromatic heterocycles. The highest BCUT2D eigenvalue weighted by atomic mass is 35.5. The third-order valence-electron chi connectivity index (χ3n) is 7.54. The summed E-state index contributed by atoms with van der Waals surface area (Å²) < 4.78 is 11.6. The number of amides is 1. The van der Waals surface area contributed by atoms with E-state index in [4.69, 9.17) is 32.7 Å². The summed E-state index contributed by atoms with van der Waals surface area (Å²) in [5.41, 5.74) is 5.40. The molecule has 45 heavy (non-hydrogen) atoms. The van der Waals surface area contributed by atoms with Gasteiger partial charge < -0.3 is 19.5 Å². The molecule has 4 rings (SSSR count). The Morgan fingerprint density at radius 1 is 0.978 bits per heavy atom. The van der Waals surface area contributed by atoms with Crippen LogP contribution in [0.25, 0.3) is 11.3 Å². The summed E-state index contributed by atoms with van der Waals surface area (Å²) >= 11 is 12.5. The molecule has 0 spiro atoms. The fourth-order valence-electron chi connectivity index (χ4n) is 5.30. The minimum Gasteiger partial charge on any atom is -0.490 e. The van der Waals surface area contributed by atoms with Crippen LogP contribution in [0.5, 0.6) is 11.5 Å². The van der Waals surface area contributed by atoms with Crippen molar-refractivity contribution in [2.75, 3.05) is 19.8 Å². The van der Waals surface area contributed by atoms with Gasteiger partial charge >= 0.3 is 6.09 Å².